The zero-order valence-electron chi connectivity index (χ0n) is 29.4. The van der Waals surface area contributed by atoms with E-state index in [1.54, 1.807) is 123 Å². The molecule has 7 aromatic carbocycles. The Morgan fingerprint density at radius 1 is 0.482 bits per heavy atom. The topological polar surface area (TPSA) is 148 Å². The molecule has 0 aliphatic heterocycles. The molecule has 0 bridgehead atoms. The third-order valence-corrected chi connectivity index (χ3v) is 10.1. The second-order valence-electron chi connectivity index (χ2n) is 12.6. The molecule has 0 unspecified atom stereocenters. The monoisotopic (exact) mass is 820 g/mol. The Bertz CT molecular complexity index is 2580. The molecule has 4 N–H and O–H groups in total. The lowest BCUT2D eigenvalue weighted by Gasteiger charge is -2.16. The smallest absolute Gasteiger partial charge is 0.259 e. The molecule has 0 fully saturated rings. The van der Waals surface area contributed by atoms with Crippen molar-refractivity contribution in [1.29, 1.82) is 0 Å². The standard InChI is InChI=1S/C42H28Cl4N6O4/c1-21-17-34(48-42(56)28-20-24-10-4-6-12-26(24)36(40(28)54)50-52-38-31(45)15-8-16-32(38)46)22(2)18-33(21)47-41(55)27-19-23-9-3-5-11-25(23)35(39(27)53)49-51-37-29(43)13-7-14-30(37)44/h3-20,53-54H,1-2H3,(H,47,55)(H,48,56). The first-order valence-corrected chi connectivity index (χ1v) is 18.4. The van der Waals surface area contributed by atoms with E-state index in [1.807, 2.05) is 0 Å². The van der Waals surface area contributed by atoms with Crippen molar-refractivity contribution in [3.63, 3.8) is 0 Å². The van der Waals surface area contributed by atoms with E-state index in [0.29, 0.717) is 44.0 Å². The quantitative estimate of drug-likeness (QED) is 0.113. The van der Waals surface area contributed by atoms with Crippen LogP contribution in [0.25, 0.3) is 21.5 Å². The number of amides is 2. The minimum Gasteiger partial charge on any atom is -0.505 e. The Kier molecular flexibility index (Phi) is 10.9. The molecule has 0 atom stereocenters. The number of aromatic hydroxyl groups is 2. The van der Waals surface area contributed by atoms with Crippen LogP contribution in [0, 0.1) is 13.8 Å². The van der Waals surface area contributed by atoms with E-state index in [4.69, 9.17) is 46.4 Å². The molecule has 7 rings (SSSR count). The Morgan fingerprint density at radius 3 is 1.20 bits per heavy atom. The number of carbonyl (C=O) groups is 2. The third kappa shape index (κ3) is 7.60. The molecule has 0 aliphatic rings. The maximum absolute atomic E-state index is 13.8. The summed E-state index contributed by atoms with van der Waals surface area (Å²) in [6.45, 7) is 3.51. The molecular formula is C42H28Cl4N6O4. The molecule has 14 heteroatoms. The van der Waals surface area contributed by atoms with Crippen molar-refractivity contribution in [2.45, 2.75) is 13.8 Å². The maximum atomic E-state index is 13.8. The molecule has 0 spiro atoms. The molecule has 10 nitrogen and oxygen atoms in total. The van der Waals surface area contributed by atoms with Gasteiger partial charge in [-0.25, -0.2) is 0 Å². The van der Waals surface area contributed by atoms with E-state index < -0.39 is 23.3 Å². The van der Waals surface area contributed by atoms with Crippen LogP contribution in [0.2, 0.25) is 20.1 Å². The Balaban J connectivity index is 1.17. The van der Waals surface area contributed by atoms with Crippen LogP contribution in [0.1, 0.15) is 31.8 Å². The second-order valence-corrected chi connectivity index (χ2v) is 14.2. The first kappa shape index (κ1) is 38.2. The largest absolute Gasteiger partial charge is 0.505 e. The lowest BCUT2D eigenvalue weighted by atomic mass is 10.0. The summed E-state index contributed by atoms with van der Waals surface area (Å²) in [4.78, 5) is 27.5. The highest BCUT2D eigenvalue weighted by molar-refractivity contribution is 6.39. The fourth-order valence-electron chi connectivity index (χ4n) is 6.02. The minimum absolute atomic E-state index is 0.0473. The average Bonchev–Trinajstić information content (AvgIpc) is 3.17. The van der Waals surface area contributed by atoms with Crippen LogP contribution in [-0.2, 0) is 0 Å². The van der Waals surface area contributed by atoms with Gasteiger partial charge < -0.3 is 20.8 Å². The summed E-state index contributed by atoms with van der Waals surface area (Å²) >= 11 is 25.1. The van der Waals surface area contributed by atoms with Crippen molar-refractivity contribution in [1.82, 2.24) is 0 Å². The lowest BCUT2D eigenvalue weighted by molar-refractivity contribution is 0.101. The van der Waals surface area contributed by atoms with E-state index in [2.05, 4.69) is 31.1 Å². The molecule has 0 aromatic heterocycles. The lowest BCUT2D eigenvalue weighted by Crippen LogP contribution is -2.15. The number of carbonyl (C=O) groups excluding carboxylic acids is 2. The van der Waals surface area contributed by atoms with Crippen molar-refractivity contribution in [3.05, 3.63) is 152 Å². The predicted octanol–water partition coefficient (Wildman–Crippen LogP) is 14.0. The molecule has 7 aromatic rings. The van der Waals surface area contributed by atoms with E-state index in [9.17, 15) is 19.8 Å². The van der Waals surface area contributed by atoms with Crippen molar-refractivity contribution in [2.75, 3.05) is 10.6 Å². The SMILES string of the molecule is Cc1cc(NC(=O)c2cc3ccccc3c(N=Nc3c(Cl)cccc3Cl)c2O)c(C)cc1NC(=O)c1cc2ccccc2c(N=Nc2c(Cl)cccc2Cl)c1O. The fourth-order valence-corrected chi connectivity index (χ4v) is 6.96. The zero-order chi connectivity index (χ0) is 39.7. The number of hydrogen-bond acceptors (Lipinski definition) is 8. The summed E-state index contributed by atoms with van der Waals surface area (Å²) in [5, 5.41) is 48.9. The van der Waals surface area contributed by atoms with Crippen molar-refractivity contribution < 1.29 is 19.8 Å². The molecular weight excluding hydrogens is 794 g/mol. The number of rotatable bonds is 8. The number of nitrogens with one attached hydrogen (secondary N) is 2. The average molecular weight is 823 g/mol. The van der Waals surface area contributed by atoms with Gasteiger partial charge in [0.15, 0.2) is 11.5 Å². The van der Waals surface area contributed by atoms with Gasteiger partial charge in [-0.3, -0.25) is 9.59 Å². The third-order valence-electron chi connectivity index (χ3n) is 8.92. The number of benzene rings is 7. The number of halogens is 4. The van der Waals surface area contributed by atoms with Gasteiger partial charge in [0.2, 0.25) is 0 Å². The van der Waals surface area contributed by atoms with Gasteiger partial charge in [0, 0.05) is 22.1 Å². The number of anilines is 2. The zero-order valence-corrected chi connectivity index (χ0v) is 32.4. The molecule has 0 radical (unpaired) electrons. The number of hydrogen-bond donors (Lipinski definition) is 4. The van der Waals surface area contributed by atoms with Crippen molar-refractivity contribution in [3.8, 4) is 11.5 Å². The molecule has 2 amide bonds. The number of aryl methyl sites for hydroxylation is 2. The minimum atomic E-state index is -0.611. The van der Waals surface area contributed by atoms with E-state index >= 15 is 0 Å². The van der Waals surface area contributed by atoms with Gasteiger partial charge in [0.05, 0.1) is 31.2 Å². The Hall–Kier alpha value is -6.04. The molecule has 0 aliphatic carbocycles. The van der Waals surface area contributed by atoms with Gasteiger partial charge >= 0.3 is 0 Å². The van der Waals surface area contributed by atoms with E-state index in [0.717, 1.165) is 0 Å². The molecule has 0 heterocycles. The van der Waals surface area contributed by atoms with Crippen LogP contribution < -0.4 is 10.6 Å². The molecule has 56 heavy (non-hydrogen) atoms. The Morgan fingerprint density at radius 2 is 0.821 bits per heavy atom. The first-order valence-electron chi connectivity index (χ1n) is 16.9. The summed E-state index contributed by atoms with van der Waals surface area (Å²) < 4.78 is 0. The highest BCUT2D eigenvalue weighted by atomic mass is 35.5. The van der Waals surface area contributed by atoms with Crippen LogP contribution in [0.3, 0.4) is 0 Å². The first-order chi connectivity index (χ1) is 26.9. The van der Waals surface area contributed by atoms with Crippen LogP contribution in [0.5, 0.6) is 11.5 Å². The van der Waals surface area contributed by atoms with E-state index in [-0.39, 0.29) is 54.0 Å². The second kappa shape index (κ2) is 16.0. The van der Waals surface area contributed by atoms with Gasteiger partial charge in [-0.1, -0.05) is 107 Å². The Labute approximate surface area is 340 Å². The molecule has 278 valence electrons. The van der Waals surface area contributed by atoms with Crippen molar-refractivity contribution in [2.24, 2.45) is 20.5 Å². The summed E-state index contributed by atoms with van der Waals surface area (Å²) in [6, 6.07) is 30.5. The highest BCUT2D eigenvalue weighted by Crippen LogP contribution is 2.43. The number of nitrogens with zero attached hydrogens (tertiary/aromatic N) is 4. The number of phenolic OH excluding ortho intramolecular Hbond substituents is 2. The van der Waals surface area contributed by atoms with Gasteiger partial charge in [-0.2, -0.15) is 0 Å². The van der Waals surface area contributed by atoms with Crippen LogP contribution in [0.15, 0.2) is 130 Å². The van der Waals surface area contributed by atoms with Gasteiger partial charge in [0.1, 0.15) is 22.7 Å². The number of fused-ring (bicyclic) bond motifs is 2. The number of azo groups is 2. The summed E-state index contributed by atoms with van der Waals surface area (Å²) in [6.07, 6.45) is 0. The van der Waals surface area contributed by atoms with E-state index in [1.165, 1.54) is 0 Å². The molecule has 0 saturated carbocycles. The van der Waals surface area contributed by atoms with Gasteiger partial charge in [-0.15, -0.1) is 20.5 Å². The summed E-state index contributed by atoms with van der Waals surface area (Å²) in [7, 11) is 0. The summed E-state index contributed by atoms with van der Waals surface area (Å²) in [5.74, 6) is -2.01. The predicted molar refractivity (Wildman–Crippen MR) is 224 cm³/mol. The summed E-state index contributed by atoms with van der Waals surface area (Å²) in [5.41, 5.74) is 2.51. The fraction of sp³-hybridized carbons (Fsp3) is 0.0476. The normalized spacial score (nSPS) is 11.5. The van der Waals surface area contributed by atoms with Gasteiger partial charge in [-0.05, 0) is 84.3 Å². The maximum Gasteiger partial charge on any atom is 0.259 e. The van der Waals surface area contributed by atoms with Crippen LogP contribution in [0.4, 0.5) is 34.1 Å². The molecule has 0 saturated heterocycles. The number of phenols is 2. The highest BCUT2D eigenvalue weighted by Gasteiger charge is 2.22. The van der Waals surface area contributed by atoms with Crippen molar-refractivity contribution >= 4 is 114 Å². The van der Waals surface area contributed by atoms with Crippen LogP contribution in [-0.4, -0.2) is 22.0 Å². The van der Waals surface area contributed by atoms with Gasteiger partial charge in [0.25, 0.3) is 11.8 Å². The van der Waals surface area contributed by atoms with Crippen LogP contribution >= 0.6 is 46.4 Å².